The molecule has 0 saturated carbocycles. The minimum absolute atomic E-state index is 0.0135. The van der Waals surface area contributed by atoms with E-state index >= 15 is 0 Å². The van der Waals surface area contributed by atoms with Crippen LogP contribution in [0.5, 0.6) is 5.75 Å². The van der Waals surface area contributed by atoms with Gasteiger partial charge in [-0.05, 0) is 75.9 Å². The van der Waals surface area contributed by atoms with Crippen LogP contribution >= 0.6 is 23.5 Å². The van der Waals surface area contributed by atoms with Crippen molar-refractivity contribution < 1.29 is 143 Å². The molecule has 0 aliphatic carbocycles. The van der Waals surface area contributed by atoms with Gasteiger partial charge in [0.05, 0.1) is 42.7 Å². The van der Waals surface area contributed by atoms with Gasteiger partial charge in [0.25, 0.3) is 17.7 Å². The van der Waals surface area contributed by atoms with Crippen LogP contribution in [0.1, 0.15) is 126 Å². The van der Waals surface area contributed by atoms with Gasteiger partial charge in [-0.3, -0.25) is 47.7 Å². The van der Waals surface area contributed by atoms with Gasteiger partial charge in [0.2, 0.25) is 11.8 Å². The molecule has 0 bridgehead atoms. The lowest BCUT2D eigenvalue weighted by molar-refractivity contribution is -0.162. The second-order valence-electron chi connectivity index (χ2n) is 22.2. The number of amides is 5. The second kappa shape index (κ2) is 37.0. The van der Waals surface area contributed by atoms with Crippen molar-refractivity contribution >= 4 is 105 Å². The third-order valence-electron chi connectivity index (χ3n) is 13.3. The number of phosphoric acid groups is 3. The number of carbonyl (C=O) groups is 11. The SMILES string of the molecule is CC(=O)Nc1ncnc2c1c(C#CCNC(=O)COCCOC(COc1cccc(C(=O)CCCNC(=O)c3cc(C(=O)N[C@@H](CCC(=O)O)C(=O)O)cc(C(=O)N[C@@H](CCC(=O)O)C(=O)O)c3)c1)N=[N+]=[N-])cn2[C@H]1C[C@H](OC(=O)C(C)(C)C)[C@@H](COP(=O)(O)OP(=O)(O)OP(=O)(O)O)O1. The number of anilines is 1. The molecule has 8 atom stereocenters. The number of ether oxygens (including phenoxy) is 5. The Kier molecular flexibility index (Phi) is 30.0. The topological polar surface area (TPSA) is 614 Å². The molecule has 0 spiro atoms. The highest BCUT2D eigenvalue weighted by molar-refractivity contribution is 7.66. The van der Waals surface area contributed by atoms with Gasteiger partial charge >= 0.3 is 53.3 Å². The van der Waals surface area contributed by atoms with E-state index in [0.717, 1.165) is 24.5 Å². The molecule has 3 unspecified atom stereocenters. The average molecular weight is 1470 g/mol. The lowest BCUT2D eigenvalue weighted by atomic mass is 9.97. The number of ketones is 1. The van der Waals surface area contributed by atoms with Crippen LogP contribution in [0.3, 0.4) is 0 Å². The number of aliphatic carboxylic acids is 4. The summed E-state index contributed by atoms with van der Waals surface area (Å²) in [6.45, 7) is 3.06. The minimum atomic E-state index is -5.90. The number of hydrogen-bond acceptors (Lipinski definition) is 25. The normalized spacial score (nSPS) is 16.4. The van der Waals surface area contributed by atoms with Crippen molar-refractivity contribution in [3.05, 3.63) is 93.2 Å². The van der Waals surface area contributed by atoms with Crippen LogP contribution in [0, 0.1) is 17.3 Å². The zero-order valence-electron chi connectivity index (χ0n) is 53.1. The molecule has 2 aromatic carbocycles. The van der Waals surface area contributed by atoms with Gasteiger partial charge in [-0.2, -0.15) is 8.62 Å². The Hall–Kier alpha value is -9.61. The molecule has 5 rings (SSSR count). The lowest BCUT2D eigenvalue weighted by Crippen LogP contribution is -2.42. The Morgan fingerprint density at radius 2 is 1.42 bits per heavy atom. The molecule has 1 aliphatic heterocycles. The van der Waals surface area contributed by atoms with Gasteiger partial charge in [-0.25, -0.2) is 33.3 Å². The predicted molar refractivity (Wildman–Crippen MR) is 335 cm³/mol. The fourth-order valence-corrected chi connectivity index (χ4v) is 11.7. The van der Waals surface area contributed by atoms with E-state index in [9.17, 15) is 92.0 Å². The molecule has 13 N–H and O–H groups in total. The van der Waals surface area contributed by atoms with E-state index in [4.69, 9.17) is 48.2 Å². The molecule has 2 aromatic heterocycles. The first-order valence-electron chi connectivity index (χ1n) is 29.3. The maximum atomic E-state index is 13.4. The van der Waals surface area contributed by atoms with Gasteiger partial charge in [0, 0.05) is 72.5 Å². The van der Waals surface area contributed by atoms with E-state index in [-0.39, 0.29) is 91.5 Å². The molecular formula is C56H68N11O30P3. The van der Waals surface area contributed by atoms with E-state index < -0.39 is 181 Å². The zero-order chi connectivity index (χ0) is 74.3. The summed E-state index contributed by atoms with van der Waals surface area (Å²) in [6, 6.07) is 5.21. The quantitative estimate of drug-likeness (QED) is 0.00446. The van der Waals surface area contributed by atoms with Crippen LogP contribution in [0.4, 0.5) is 5.82 Å². The highest BCUT2D eigenvalue weighted by Gasteiger charge is 2.45. The predicted octanol–water partition coefficient (Wildman–Crippen LogP) is 2.68. The highest BCUT2D eigenvalue weighted by atomic mass is 31.3. The number of Topliss-reactive ketones (excluding diaryl/α,β-unsaturated/α-hetero) is 1. The average Bonchev–Trinajstić information content (AvgIpc) is 1.61. The van der Waals surface area contributed by atoms with Gasteiger partial charge in [0.15, 0.2) is 12.0 Å². The van der Waals surface area contributed by atoms with Crippen molar-refractivity contribution in [1.82, 2.24) is 35.8 Å². The molecule has 542 valence electrons. The summed E-state index contributed by atoms with van der Waals surface area (Å²) in [5, 5.41) is 52.7. The lowest BCUT2D eigenvalue weighted by Gasteiger charge is -2.24. The van der Waals surface area contributed by atoms with E-state index in [1.807, 2.05) is 0 Å². The minimum Gasteiger partial charge on any atom is -0.491 e. The Morgan fingerprint density at radius 3 is 1.99 bits per heavy atom. The summed E-state index contributed by atoms with van der Waals surface area (Å²) in [5.74, 6) is -5.81. The molecule has 41 nitrogen and oxygen atoms in total. The zero-order valence-corrected chi connectivity index (χ0v) is 55.8. The van der Waals surface area contributed by atoms with E-state index in [1.165, 1.54) is 62.7 Å². The molecule has 100 heavy (non-hydrogen) atoms. The third kappa shape index (κ3) is 26.9. The number of aromatic nitrogens is 3. The summed E-state index contributed by atoms with van der Waals surface area (Å²) in [5.41, 5.74) is 7.19. The monoisotopic (exact) mass is 1470 g/mol. The van der Waals surface area contributed by atoms with Crippen LogP contribution in [0.15, 0.2) is 60.1 Å². The van der Waals surface area contributed by atoms with Gasteiger partial charge in [0.1, 0.15) is 67.3 Å². The number of rotatable bonds is 39. The van der Waals surface area contributed by atoms with Crippen molar-refractivity contribution in [2.45, 2.75) is 109 Å². The first-order chi connectivity index (χ1) is 46.8. The number of esters is 1. The van der Waals surface area contributed by atoms with Crippen LogP contribution in [0.25, 0.3) is 21.5 Å². The fourth-order valence-electron chi connectivity index (χ4n) is 8.68. The number of benzene rings is 2. The maximum Gasteiger partial charge on any atom is 0.490 e. The molecule has 4 aromatic rings. The number of nitrogens with zero attached hydrogens (tertiary/aromatic N) is 6. The number of azide groups is 1. The highest BCUT2D eigenvalue weighted by Crippen LogP contribution is 2.66. The summed E-state index contributed by atoms with van der Waals surface area (Å²) >= 11 is 0. The van der Waals surface area contributed by atoms with E-state index in [2.05, 4.69) is 67.0 Å². The Morgan fingerprint density at radius 1 is 0.800 bits per heavy atom. The molecular weight excluding hydrogens is 1400 g/mol. The van der Waals surface area contributed by atoms with E-state index in [0.29, 0.717) is 0 Å². The summed E-state index contributed by atoms with van der Waals surface area (Å²) in [6.07, 6.45) is -5.35. The number of phosphoric ester groups is 1. The largest absolute Gasteiger partial charge is 0.491 e. The Bertz CT molecular complexity index is 3940. The molecule has 3 heterocycles. The summed E-state index contributed by atoms with van der Waals surface area (Å²) in [4.78, 5) is 186. The molecule has 0 radical (unpaired) electrons. The Labute approximate surface area is 565 Å². The number of nitrogens with one attached hydrogen (secondary N) is 5. The molecule has 1 aliphatic rings. The molecule has 1 saturated heterocycles. The number of carboxylic acids is 4. The first kappa shape index (κ1) is 81.1. The van der Waals surface area contributed by atoms with Gasteiger partial charge in [-0.15, -0.1) is 0 Å². The van der Waals surface area contributed by atoms with Crippen molar-refractivity contribution in [3.8, 4) is 17.6 Å². The van der Waals surface area contributed by atoms with E-state index in [1.54, 1.807) is 0 Å². The summed E-state index contributed by atoms with van der Waals surface area (Å²) in [7, 11) is -17.3. The fraction of sp³-hybridized carbons (Fsp3) is 0.446. The number of carboxylic acid groups (broad SMARTS) is 4. The molecule has 1 fully saturated rings. The van der Waals surface area contributed by atoms with Crippen LogP contribution in [0.2, 0.25) is 0 Å². The summed E-state index contributed by atoms with van der Waals surface area (Å²) < 4.78 is 77.9. The second-order valence-corrected chi connectivity index (χ2v) is 26.6. The number of fused-ring (bicyclic) bond motifs is 1. The van der Waals surface area contributed by atoms with Crippen molar-refractivity contribution in [2.24, 2.45) is 10.5 Å². The van der Waals surface area contributed by atoms with Crippen molar-refractivity contribution in [1.29, 1.82) is 0 Å². The van der Waals surface area contributed by atoms with Crippen molar-refractivity contribution in [2.75, 3.05) is 51.4 Å². The molecule has 44 heteroatoms. The standard InChI is InChI=1S/C56H68N11O30P3/c1-30(68)62-48-47-32(25-67(49(47)61-29-60-48)44-24-40(95-55(82)56(2,3)4)41(94-44)26-93-99(86,87)97-100(88,89)96-98(83,84)85)9-6-16-58-42(70)27-90-18-19-91-43(65-66-57)28-92-36-10-5-8-31(23-36)39(69)11-7-17-59-50(75)33-20-34(51(76)63-37(53(78)79)12-14-45(71)72)22-35(21-33)52(77)64-38(54(80)81)13-15-46(73)74/h5,8,10,20-23,25,29,37-38,40-41,43-44H,7,11-19,24,26-28H2,1-4H3,(H,58,70)(H,59,75)(H,63,76)(H,64,77)(H,71,72)(H,73,74)(H,78,79)(H,80,81)(H,86,87)(H,88,89)(H2,83,84,85)(H,60,61,62,68)/t37-,38-,40-,41+,43?,44+/m0/s1. The van der Waals surface area contributed by atoms with Crippen LogP contribution in [-0.4, -0.2) is 196 Å². The van der Waals surface area contributed by atoms with Crippen LogP contribution < -0.4 is 31.3 Å². The first-order valence-corrected chi connectivity index (χ1v) is 33.8. The van der Waals surface area contributed by atoms with Gasteiger partial charge in [-0.1, -0.05) is 29.1 Å². The number of carbonyl (C=O) groups excluding carboxylic acids is 7. The third-order valence-corrected chi connectivity index (χ3v) is 17.1. The van der Waals surface area contributed by atoms with Gasteiger partial charge < -0.3 is 94.8 Å². The molecule has 5 amide bonds. The maximum absolute atomic E-state index is 13.4. The van der Waals surface area contributed by atoms with Crippen molar-refractivity contribution in [3.63, 3.8) is 0 Å². The smallest absolute Gasteiger partial charge is 0.490 e. The van der Waals surface area contributed by atoms with Crippen LogP contribution in [-0.2, 0) is 79.3 Å². The Balaban J connectivity index is 1.13. The number of hydrogen-bond donors (Lipinski definition) is 13.